The van der Waals surface area contributed by atoms with Crippen LogP contribution in [0.2, 0.25) is 5.02 Å². The van der Waals surface area contributed by atoms with Gasteiger partial charge in [-0.05, 0) is 54.9 Å². The molecule has 0 fully saturated rings. The van der Waals surface area contributed by atoms with Gasteiger partial charge in [0.25, 0.3) is 11.8 Å². The third-order valence-electron chi connectivity index (χ3n) is 5.67. The minimum Gasteiger partial charge on any atom is -0.467 e. The lowest BCUT2D eigenvalue weighted by atomic mass is 10.0. The Morgan fingerprint density at radius 1 is 1.11 bits per heavy atom. The van der Waals surface area contributed by atoms with Gasteiger partial charge in [0.05, 0.1) is 31.3 Å². The summed E-state index contributed by atoms with van der Waals surface area (Å²) in [4.78, 5) is 15.5. The highest BCUT2D eigenvalue weighted by molar-refractivity contribution is 6.30. The van der Waals surface area contributed by atoms with E-state index in [0.29, 0.717) is 47.8 Å². The summed E-state index contributed by atoms with van der Waals surface area (Å²) in [7, 11) is 0. The Kier molecular flexibility index (Phi) is 6.78. The smallest absolute Gasteiger partial charge is 0.283 e. The SMILES string of the molecule is CCCN(CC(=O)N1N=C(c2ccc(Cl)cc2)C[C@@H]1c1ccco1)Cc1nnc(-c2ccco2)o1. The third kappa shape index (κ3) is 5.21. The molecule has 1 aliphatic heterocycles. The Balaban J connectivity index is 1.34. The Hall–Kier alpha value is -3.69. The van der Waals surface area contributed by atoms with Crippen LogP contribution in [-0.4, -0.2) is 44.8 Å². The molecule has 0 N–H and O–H groups in total. The van der Waals surface area contributed by atoms with Gasteiger partial charge >= 0.3 is 0 Å². The number of halogens is 1. The molecule has 3 aromatic heterocycles. The summed E-state index contributed by atoms with van der Waals surface area (Å²) in [5.74, 6) is 1.77. The first-order valence-corrected chi connectivity index (χ1v) is 11.8. The number of aromatic nitrogens is 2. The average Bonchev–Trinajstić information content (AvgIpc) is 3.66. The topological polar surface area (TPSA) is 101 Å². The quantitative estimate of drug-likeness (QED) is 0.317. The van der Waals surface area contributed by atoms with E-state index in [1.807, 2.05) is 41.3 Å². The molecule has 4 heterocycles. The highest BCUT2D eigenvalue weighted by Gasteiger charge is 2.35. The fraction of sp³-hybridized carbons (Fsp3) is 0.280. The van der Waals surface area contributed by atoms with E-state index in [0.717, 1.165) is 17.7 Å². The zero-order valence-corrected chi connectivity index (χ0v) is 19.9. The Morgan fingerprint density at radius 2 is 1.91 bits per heavy atom. The number of furan rings is 2. The van der Waals surface area contributed by atoms with Crippen molar-refractivity contribution >= 4 is 23.2 Å². The standard InChI is InChI=1S/C25H24ClN5O4/c1-2-11-30(15-23-27-28-25(35-23)22-6-4-13-34-22)16-24(32)31-20(21-5-3-12-33-21)14-19(29-31)17-7-9-18(26)10-8-17/h3-10,12-13,20H,2,11,14-16H2,1H3/t20-/m1/s1. The van der Waals surface area contributed by atoms with Crippen LogP contribution in [0.3, 0.4) is 0 Å². The fourth-order valence-electron chi connectivity index (χ4n) is 4.06. The van der Waals surface area contributed by atoms with Gasteiger partial charge in [-0.25, -0.2) is 5.01 Å². The van der Waals surface area contributed by atoms with E-state index in [9.17, 15) is 4.79 Å². The first-order valence-electron chi connectivity index (χ1n) is 11.4. The van der Waals surface area contributed by atoms with Crippen molar-refractivity contribution in [2.24, 2.45) is 5.10 Å². The summed E-state index contributed by atoms with van der Waals surface area (Å²) in [5, 5.41) is 15.0. The van der Waals surface area contributed by atoms with E-state index >= 15 is 0 Å². The molecule has 1 atom stereocenters. The van der Waals surface area contributed by atoms with Crippen LogP contribution >= 0.6 is 11.6 Å². The van der Waals surface area contributed by atoms with Crippen molar-refractivity contribution in [2.75, 3.05) is 13.1 Å². The van der Waals surface area contributed by atoms with Gasteiger partial charge in [0.15, 0.2) is 5.76 Å². The molecule has 10 heteroatoms. The third-order valence-corrected chi connectivity index (χ3v) is 5.92. The van der Waals surface area contributed by atoms with Crippen LogP contribution in [0.4, 0.5) is 0 Å². The molecule has 1 amide bonds. The summed E-state index contributed by atoms with van der Waals surface area (Å²) in [6, 6.07) is 14.3. The second-order valence-corrected chi connectivity index (χ2v) is 8.65. The highest BCUT2D eigenvalue weighted by atomic mass is 35.5. The van der Waals surface area contributed by atoms with Crippen molar-refractivity contribution < 1.29 is 18.0 Å². The number of carbonyl (C=O) groups excluding carboxylic acids is 1. The molecule has 0 radical (unpaired) electrons. The Bertz CT molecular complexity index is 1280. The van der Waals surface area contributed by atoms with E-state index in [2.05, 4.69) is 17.1 Å². The Labute approximate surface area is 207 Å². The molecular weight excluding hydrogens is 470 g/mol. The maximum atomic E-state index is 13.5. The monoisotopic (exact) mass is 493 g/mol. The first kappa shape index (κ1) is 23.1. The van der Waals surface area contributed by atoms with E-state index in [1.54, 1.807) is 24.7 Å². The summed E-state index contributed by atoms with van der Waals surface area (Å²) in [5.41, 5.74) is 1.72. The van der Waals surface area contributed by atoms with Crippen LogP contribution < -0.4 is 0 Å². The summed E-state index contributed by atoms with van der Waals surface area (Å²) < 4.78 is 16.7. The van der Waals surface area contributed by atoms with Gasteiger partial charge in [-0.3, -0.25) is 9.69 Å². The van der Waals surface area contributed by atoms with Gasteiger partial charge in [-0.1, -0.05) is 30.7 Å². The lowest BCUT2D eigenvalue weighted by Gasteiger charge is -2.24. The first-order chi connectivity index (χ1) is 17.1. The van der Waals surface area contributed by atoms with Gasteiger partial charge in [-0.2, -0.15) is 5.10 Å². The number of benzene rings is 1. The molecule has 5 rings (SSSR count). The molecule has 4 aromatic rings. The minimum atomic E-state index is -0.319. The number of carbonyl (C=O) groups is 1. The van der Waals surface area contributed by atoms with Crippen molar-refractivity contribution in [2.45, 2.75) is 32.4 Å². The number of hydrogen-bond acceptors (Lipinski definition) is 8. The molecule has 0 aliphatic carbocycles. The van der Waals surface area contributed by atoms with Crippen LogP contribution in [0.15, 0.2) is 79.4 Å². The molecule has 180 valence electrons. The minimum absolute atomic E-state index is 0.140. The summed E-state index contributed by atoms with van der Waals surface area (Å²) >= 11 is 6.04. The van der Waals surface area contributed by atoms with Crippen LogP contribution in [0.25, 0.3) is 11.7 Å². The zero-order chi connectivity index (χ0) is 24.2. The lowest BCUT2D eigenvalue weighted by Crippen LogP contribution is -2.38. The van der Waals surface area contributed by atoms with Gasteiger partial charge in [0.2, 0.25) is 5.89 Å². The maximum Gasteiger partial charge on any atom is 0.283 e. The largest absolute Gasteiger partial charge is 0.467 e. The number of hydrogen-bond donors (Lipinski definition) is 0. The van der Waals surface area contributed by atoms with E-state index in [4.69, 9.17) is 30.0 Å². The van der Waals surface area contributed by atoms with Gasteiger partial charge in [-0.15, -0.1) is 10.2 Å². The second kappa shape index (κ2) is 10.3. The number of amides is 1. The molecular formula is C25H24ClN5O4. The van der Waals surface area contributed by atoms with Crippen LogP contribution in [-0.2, 0) is 11.3 Å². The van der Waals surface area contributed by atoms with Crippen LogP contribution in [0.1, 0.15) is 43.0 Å². The molecule has 9 nitrogen and oxygen atoms in total. The van der Waals surface area contributed by atoms with Crippen molar-refractivity contribution in [3.63, 3.8) is 0 Å². The highest BCUT2D eigenvalue weighted by Crippen LogP contribution is 2.33. The van der Waals surface area contributed by atoms with Gasteiger partial charge < -0.3 is 13.3 Å². The molecule has 1 aromatic carbocycles. The average molecular weight is 494 g/mol. The normalized spacial score (nSPS) is 15.7. The molecule has 0 saturated carbocycles. The summed E-state index contributed by atoms with van der Waals surface area (Å²) in [6.45, 7) is 3.20. The van der Waals surface area contributed by atoms with Crippen LogP contribution in [0, 0.1) is 0 Å². The zero-order valence-electron chi connectivity index (χ0n) is 19.1. The summed E-state index contributed by atoms with van der Waals surface area (Å²) in [6.07, 6.45) is 4.55. The van der Waals surface area contributed by atoms with Crippen molar-refractivity contribution in [3.05, 3.63) is 83.3 Å². The van der Waals surface area contributed by atoms with Crippen LogP contribution in [0.5, 0.6) is 0 Å². The molecule has 35 heavy (non-hydrogen) atoms. The fourth-order valence-corrected chi connectivity index (χ4v) is 4.19. The number of rotatable bonds is 9. The predicted octanol–water partition coefficient (Wildman–Crippen LogP) is 5.17. The van der Waals surface area contributed by atoms with E-state index in [1.165, 1.54) is 5.01 Å². The number of nitrogens with zero attached hydrogens (tertiary/aromatic N) is 5. The predicted molar refractivity (Wildman–Crippen MR) is 128 cm³/mol. The van der Waals surface area contributed by atoms with Gasteiger partial charge in [0.1, 0.15) is 11.8 Å². The molecule has 1 aliphatic rings. The lowest BCUT2D eigenvalue weighted by molar-refractivity contribution is -0.134. The molecule has 0 saturated heterocycles. The molecule has 0 spiro atoms. The van der Waals surface area contributed by atoms with E-state index in [-0.39, 0.29) is 18.5 Å². The van der Waals surface area contributed by atoms with Crippen molar-refractivity contribution in [3.8, 4) is 11.7 Å². The van der Waals surface area contributed by atoms with Crippen molar-refractivity contribution in [1.29, 1.82) is 0 Å². The molecule has 0 unspecified atom stereocenters. The maximum absolute atomic E-state index is 13.5. The van der Waals surface area contributed by atoms with E-state index < -0.39 is 0 Å². The van der Waals surface area contributed by atoms with Gasteiger partial charge in [0, 0.05) is 11.4 Å². The second-order valence-electron chi connectivity index (χ2n) is 8.22. The number of hydrazone groups is 1. The van der Waals surface area contributed by atoms with Crippen molar-refractivity contribution in [1.82, 2.24) is 20.1 Å². The Morgan fingerprint density at radius 3 is 2.63 bits per heavy atom. The molecule has 0 bridgehead atoms.